The zero-order valence-electron chi connectivity index (χ0n) is 10.6. The van der Waals surface area contributed by atoms with E-state index in [-0.39, 0.29) is 0 Å². The van der Waals surface area contributed by atoms with Crippen LogP contribution in [0.15, 0.2) is 0 Å². The highest BCUT2D eigenvalue weighted by molar-refractivity contribution is 6.79. The number of rotatable bonds is 7. The highest BCUT2D eigenvalue weighted by Gasteiger charge is 2.34. The van der Waals surface area contributed by atoms with Crippen LogP contribution in [0.4, 0.5) is 0 Å². The van der Waals surface area contributed by atoms with E-state index in [9.17, 15) is 0 Å². The van der Waals surface area contributed by atoms with Crippen LogP contribution in [0, 0.1) is 0 Å². The summed E-state index contributed by atoms with van der Waals surface area (Å²) in [6, 6.07) is 4.15. The number of aliphatic hydroxyl groups is 1. The van der Waals surface area contributed by atoms with E-state index >= 15 is 0 Å². The van der Waals surface area contributed by atoms with Gasteiger partial charge in [-0.2, -0.15) is 0 Å². The first kappa shape index (κ1) is 14.1. The van der Waals surface area contributed by atoms with Crippen molar-refractivity contribution in [2.75, 3.05) is 33.4 Å². The maximum absolute atomic E-state index is 9.02. The number of hydrogen-bond acceptors (Lipinski definition) is 1. The van der Waals surface area contributed by atoms with Gasteiger partial charge in [0.15, 0.2) is 0 Å². The fourth-order valence-corrected chi connectivity index (χ4v) is 6.49. The average Bonchev–Trinajstić information content (AvgIpc) is 2.14. The van der Waals surface area contributed by atoms with E-state index in [0.717, 1.165) is 11.0 Å². The molecule has 0 amide bonds. The smallest absolute Gasteiger partial charge is 0.119 e. The molecular weight excluding hydrogens is 190 g/mol. The Morgan fingerprint density at radius 1 is 1.00 bits per heavy atom. The number of aliphatic hydroxyl groups excluding tert-OH is 1. The molecule has 0 heterocycles. The zero-order chi connectivity index (χ0) is 11.2. The maximum atomic E-state index is 9.02. The summed E-state index contributed by atoms with van der Waals surface area (Å²) in [7, 11) is 3.47. The van der Waals surface area contributed by atoms with Crippen LogP contribution in [0.25, 0.3) is 0 Å². The molecule has 0 unspecified atom stereocenters. The van der Waals surface area contributed by atoms with Gasteiger partial charge in [0.05, 0.1) is 26.9 Å². The average molecular weight is 218 g/mol. The van der Waals surface area contributed by atoms with Crippen molar-refractivity contribution in [3.05, 3.63) is 0 Å². The van der Waals surface area contributed by atoms with Crippen LogP contribution in [0.3, 0.4) is 0 Å². The molecule has 3 heteroatoms. The molecule has 14 heavy (non-hydrogen) atoms. The molecule has 0 saturated heterocycles. The van der Waals surface area contributed by atoms with Crippen LogP contribution < -0.4 is 0 Å². The molecule has 0 radical (unpaired) electrons. The number of quaternary nitrogens is 1. The SMILES string of the molecule is CC[Si](CC)(CC)C[N+](C)(C)CCO. The van der Waals surface area contributed by atoms with E-state index in [1.807, 2.05) is 0 Å². The van der Waals surface area contributed by atoms with Gasteiger partial charge in [0.1, 0.15) is 14.6 Å². The minimum absolute atomic E-state index is 0.314. The monoisotopic (exact) mass is 218 g/mol. The van der Waals surface area contributed by atoms with E-state index in [4.69, 9.17) is 5.11 Å². The summed E-state index contributed by atoms with van der Waals surface area (Å²) < 4.78 is 0.998. The number of hydrogen-bond donors (Lipinski definition) is 1. The van der Waals surface area contributed by atoms with Crippen molar-refractivity contribution in [1.82, 2.24) is 0 Å². The van der Waals surface area contributed by atoms with E-state index in [0.29, 0.717) is 6.61 Å². The molecule has 0 fully saturated rings. The van der Waals surface area contributed by atoms with Crippen LogP contribution in [0.5, 0.6) is 0 Å². The molecule has 0 rings (SSSR count). The Balaban J connectivity index is 4.41. The molecule has 0 aliphatic heterocycles. The Bertz CT molecular complexity index is 147. The summed E-state index contributed by atoms with van der Waals surface area (Å²) in [5.41, 5.74) is 0. The third-order valence-electron chi connectivity index (χ3n) is 3.72. The lowest BCUT2D eigenvalue weighted by Crippen LogP contribution is -2.55. The van der Waals surface area contributed by atoms with Crippen molar-refractivity contribution in [2.24, 2.45) is 0 Å². The molecule has 0 bridgehead atoms. The van der Waals surface area contributed by atoms with Crippen molar-refractivity contribution in [3.63, 3.8) is 0 Å². The van der Waals surface area contributed by atoms with Gasteiger partial charge in [-0.25, -0.2) is 0 Å². The standard InChI is InChI=1S/C11H28NOSi/c1-6-14(7-2,8-3)11-12(4,5)9-10-13/h13H,6-11H2,1-5H3/q+1. The first-order chi connectivity index (χ1) is 6.45. The molecule has 0 atom stereocenters. The Kier molecular flexibility index (Phi) is 5.94. The normalized spacial score (nSPS) is 13.3. The van der Waals surface area contributed by atoms with E-state index < -0.39 is 8.07 Å². The van der Waals surface area contributed by atoms with Crippen LogP contribution >= 0.6 is 0 Å². The third kappa shape index (κ3) is 4.11. The minimum Gasteiger partial charge on any atom is -0.391 e. The summed E-state index contributed by atoms with van der Waals surface area (Å²) in [6.45, 7) is 8.25. The third-order valence-corrected chi connectivity index (χ3v) is 9.75. The molecule has 0 saturated carbocycles. The zero-order valence-corrected chi connectivity index (χ0v) is 11.6. The van der Waals surface area contributed by atoms with Gasteiger partial charge in [-0.05, 0) is 0 Å². The predicted octanol–water partition coefficient (Wildman–Crippen LogP) is 2.10. The maximum Gasteiger partial charge on any atom is 0.119 e. The van der Waals surface area contributed by atoms with Gasteiger partial charge in [0, 0.05) is 0 Å². The Morgan fingerprint density at radius 3 is 1.71 bits per heavy atom. The van der Waals surface area contributed by atoms with Crippen molar-refractivity contribution in [3.8, 4) is 0 Å². The second kappa shape index (κ2) is 5.88. The summed E-state index contributed by atoms with van der Waals surface area (Å²) in [4.78, 5) is 0. The molecule has 86 valence electrons. The van der Waals surface area contributed by atoms with Crippen molar-refractivity contribution >= 4 is 8.07 Å². The van der Waals surface area contributed by atoms with Gasteiger partial charge >= 0.3 is 0 Å². The first-order valence-electron chi connectivity index (χ1n) is 5.88. The molecular formula is C11H28NOSi+. The summed E-state index contributed by atoms with van der Waals surface area (Å²) in [5, 5.41) is 9.02. The van der Waals surface area contributed by atoms with Gasteiger partial charge in [0.2, 0.25) is 0 Å². The van der Waals surface area contributed by atoms with Gasteiger partial charge in [-0.15, -0.1) is 0 Å². The number of nitrogens with zero attached hydrogens (tertiary/aromatic N) is 1. The fourth-order valence-electron chi connectivity index (χ4n) is 2.34. The molecule has 1 N–H and O–H groups in total. The van der Waals surface area contributed by atoms with Crippen LogP contribution in [0.2, 0.25) is 18.1 Å². The van der Waals surface area contributed by atoms with E-state index in [1.165, 1.54) is 24.3 Å². The Hall–Kier alpha value is 0.137. The molecule has 0 aliphatic rings. The van der Waals surface area contributed by atoms with Crippen molar-refractivity contribution < 1.29 is 9.59 Å². The molecule has 2 nitrogen and oxygen atoms in total. The van der Waals surface area contributed by atoms with Crippen molar-refractivity contribution in [2.45, 2.75) is 38.9 Å². The fraction of sp³-hybridized carbons (Fsp3) is 1.00. The molecule has 0 spiro atoms. The topological polar surface area (TPSA) is 20.2 Å². The second-order valence-electron chi connectivity index (χ2n) is 5.10. The minimum atomic E-state index is -1.03. The molecule has 0 aromatic heterocycles. The lowest BCUT2D eigenvalue weighted by atomic mass is 10.5. The first-order valence-corrected chi connectivity index (χ1v) is 8.71. The molecule has 0 aromatic carbocycles. The largest absolute Gasteiger partial charge is 0.391 e. The van der Waals surface area contributed by atoms with Crippen molar-refractivity contribution in [1.29, 1.82) is 0 Å². The van der Waals surface area contributed by atoms with Gasteiger partial charge < -0.3 is 9.59 Å². The predicted molar refractivity (Wildman–Crippen MR) is 66.1 cm³/mol. The second-order valence-corrected chi connectivity index (χ2v) is 10.5. The van der Waals surface area contributed by atoms with Gasteiger partial charge in [-0.1, -0.05) is 38.9 Å². The Labute approximate surface area is 90.5 Å². The molecule has 0 aliphatic carbocycles. The van der Waals surface area contributed by atoms with Gasteiger partial charge in [-0.3, -0.25) is 0 Å². The molecule has 0 aromatic rings. The van der Waals surface area contributed by atoms with Crippen LogP contribution in [0.1, 0.15) is 20.8 Å². The summed E-state index contributed by atoms with van der Waals surface area (Å²) >= 11 is 0. The summed E-state index contributed by atoms with van der Waals surface area (Å²) in [5.74, 6) is 0. The number of likely N-dealkylation sites (N-methyl/N-ethyl adjacent to an activating group) is 1. The quantitative estimate of drug-likeness (QED) is 0.512. The van der Waals surface area contributed by atoms with Crippen LogP contribution in [-0.2, 0) is 0 Å². The lowest BCUT2D eigenvalue weighted by molar-refractivity contribution is -0.881. The van der Waals surface area contributed by atoms with Crippen LogP contribution in [-0.4, -0.2) is 51.1 Å². The van der Waals surface area contributed by atoms with E-state index in [1.54, 1.807) is 0 Å². The Morgan fingerprint density at radius 2 is 1.43 bits per heavy atom. The lowest BCUT2D eigenvalue weighted by Gasteiger charge is -2.38. The highest BCUT2D eigenvalue weighted by Crippen LogP contribution is 2.22. The highest BCUT2D eigenvalue weighted by atomic mass is 28.3. The summed E-state index contributed by atoms with van der Waals surface area (Å²) in [6.07, 6.45) is 1.32. The van der Waals surface area contributed by atoms with Gasteiger partial charge in [0.25, 0.3) is 0 Å². The van der Waals surface area contributed by atoms with E-state index in [2.05, 4.69) is 34.9 Å².